The van der Waals surface area contributed by atoms with Gasteiger partial charge in [0.25, 0.3) is 5.91 Å². The molecule has 0 radical (unpaired) electrons. The Balaban J connectivity index is 1.63. The van der Waals surface area contributed by atoms with Gasteiger partial charge in [-0.25, -0.2) is 4.39 Å². The predicted molar refractivity (Wildman–Crippen MR) is 157 cm³/mol. The summed E-state index contributed by atoms with van der Waals surface area (Å²) in [4.78, 5) is 32.6. The topological polar surface area (TPSA) is 53.1 Å². The monoisotopic (exact) mass is 585 g/mol. The number of anilines is 1. The van der Waals surface area contributed by atoms with E-state index in [-0.39, 0.29) is 42.0 Å². The molecule has 212 valence electrons. The van der Waals surface area contributed by atoms with E-state index in [1.807, 2.05) is 48.5 Å². The molecule has 1 aliphatic rings. The van der Waals surface area contributed by atoms with Crippen LogP contribution in [0.4, 0.5) is 10.1 Å². The van der Waals surface area contributed by atoms with E-state index >= 15 is 0 Å². The fourth-order valence-corrected chi connectivity index (χ4v) is 5.36. The van der Waals surface area contributed by atoms with Crippen molar-refractivity contribution in [3.8, 4) is 0 Å². The third-order valence-corrected chi connectivity index (χ3v) is 7.64. The van der Waals surface area contributed by atoms with Gasteiger partial charge in [0.2, 0.25) is 5.91 Å². The first-order valence-electron chi connectivity index (χ1n) is 13.4. The number of carbonyl (C=O) groups excluding carboxylic acids is 2. The molecule has 0 atom stereocenters. The second kappa shape index (κ2) is 14.6. The number of hydrogen-bond acceptors (Lipinski definition) is 4. The molecule has 3 aromatic carbocycles. The molecule has 4 rings (SSSR count). The summed E-state index contributed by atoms with van der Waals surface area (Å²) in [5, 5.41) is 0.918. The number of rotatable bonds is 6. The first-order valence-corrected chi connectivity index (χ1v) is 14.2. The second-order valence-electron chi connectivity index (χ2n) is 9.91. The number of halogens is 3. The van der Waals surface area contributed by atoms with Crippen molar-refractivity contribution in [3.63, 3.8) is 0 Å². The highest BCUT2D eigenvalue weighted by Crippen LogP contribution is 2.26. The van der Waals surface area contributed by atoms with Crippen LogP contribution in [0.1, 0.15) is 29.5 Å². The van der Waals surface area contributed by atoms with Crippen LogP contribution in [0.3, 0.4) is 0 Å². The Hall–Kier alpha value is -2.97. The minimum absolute atomic E-state index is 0.0444. The summed E-state index contributed by atoms with van der Waals surface area (Å²) in [6, 6.07) is 19.8. The molecule has 6 nitrogen and oxygen atoms in total. The summed E-state index contributed by atoms with van der Waals surface area (Å²) in [5.41, 5.74) is 2.92. The van der Waals surface area contributed by atoms with Gasteiger partial charge < -0.3 is 14.5 Å². The number of benzene rings is 3. The number of carbonyl (C=O) groups is 2. The molecule has 9 heteroatoms. The van der Waals surface area contributed by atoms with Crippen molar-refractivity contribution < 1.29 is 18.7 Å². The predicted octanol–water partition coefficient (Wildman–Crippen LogP) is 5.98. The number of methoxy groups -OCH3 is 1. The van der Waals surface area contributed by atoms with Crippen LogP contribution in [-0.4, -0.2) is 61.5 Å². The van der Waals surface area contributed by atoms with Crippen LogP contribution >= 0.6 is 23.2 Å². The van der Waals surface area contributed by atoms with Crippen molar-refractivity contribution in [1.82, 2.24) is 9.80 Å². The Labute approximate surface area is 245 Å². The molecule has 0 saturated carbocycles. The van der Waals surface area contributed by atoms with Gasteiger partial charge in [-0.2, -0.15) is 0 Å². The van der Waals surface area contributed by atoms with Crippen LogP contribution in [0.15, 0.2) is 66.7 Å². The summed E-state index contributed by atoms with van der Waals surface area (Å²) < 4.78 is 19.7. The Morgan fingerprint density at radius 3 is 2.33 bits per heavy atom. The average Bonchev–Trinajstić information content (AvgIpc) is 2.93. The zero-order valence-electron chi connectivity index (χ0n) is 22.6. The Morgan fingerprint density at radius 1 is 0.875 bits per heavy atom. The summed E-state index contributed by atoms with van der Waals surface area (Å²) >= 11 is 12.3. The van der Waals surface area contributed by atoms with Crippen LogP contribution in [0, 0.1) is 5.82 Å². The molecule has 2 amide bonds. The number of ether oxygens (including phenoxy) is 1. The highest BCUT2D eigenvalue weighted by atomic mass is 35.5. The third kappa shape index (κ3) is 8.04. The first-order chi connectivity index (χ1) is 19.4. The van der Waals surface area contributed by atoms with Crippen molar-refractivity contribution in [3.05, 3.63) is 99.3 Å². The molecule has 1 aliphatic heterocycles. The summed E-state index contributed by atoms with van der Waals surface area (Å²) in [7, 11) is 1.50. The molecule has 0 bridgehead atoms. The van der Waals surface area contributed by atoms with Gasteiger partial charge in [0.15, 0.2) is 0 Å². The normalized spacial score (nSPS) is 15.2. The smallest absolute Gasteiger partial charge is 0.252 e. The molecular formula is C31H34Cl2FN3O3. The fraction of sp³-hybridized carbons (Fsp3) is 0.355. The maximum atomic E-state index is 14.5. The Bertz CT molecular complexity index is 1280. The van der Waals surface area contributed by atoms with Crippen LogP contribution in [0.25, 0.3) is 0 Å². The Kier molecular flexibility index (Phi) is 10.9. The van der Waals surface area contributed by atoms with Gasteiger partial charge in [0, 0.05) is 67.7 Å². The standard InChI is InChI=1S/C31H34Cl2FN3O3/c1-40-22-31(39)37-18-6-16-35(20-23-11-13-25(32)14-12-23)15-5-17-36(21-24-7-2-3-10-29(24)37)30(38)19-26-27(33)8-4-9-28(26)34/h2-4,7-14H,5-6,15-22H2,1H3. The molecule has 0 saturated heterocycles. The van der Waals surface area contributed by atoms with Gasteiger partial charge in [-0.05, 0) is 54.3 Å². The third-order valence-electron chi connectivity index (χ3n) is 7.03. The SMILES string of the molecule is COCC(=O)N1CCCN(Cc2ccc(Cl)cc2)CCCN(C(=O)Cc2c(F)cccc2Cl)Cc2ccccc21. The number of amides is 2. The molecule has 0 unspecified atom stereocenters. The maximum absolute atomic E-state index is 14.5. The van der Waals surface area contributed by atoms with E-state index < -0.39 is 5.82 Å². The summed E-state index contributed by atoms with van der Waals surface area (Å²) in [5.74, 6) is -0.869. The number of nitrogens with zero attached hydrogens (tertiary/aromatic N) is 3. The minimum atomic E-state index is -0.499. The van der Waals surface area contributed by atoms with E-state index in [1.165, 1.54) is 19.2 Å². The van der Waals surface area contributed by atoms with Gasteiger partial charge >= 0.3 is 0 Å². The van der Waals surface area contributed by atoms with Crippen molar-refractivity contribution in [2.75, 3.05) is 44.8 Å². The molecule has 0 spiro atoms. The molecule has 3 aromatic rings. The number of hydrogen-bond donors (Lipinski definition) is 0. The molecule has 1 heterocycles. The zero-order chi connectivity index (χ0) is 28.5. The van der Waals surface area contributed by atoms with Crippen molar-refractivity contribution in [2.45, 2.75) is 32.4 Å². The van der Waals surface area contributed by atoms with Crippen molar-refractivity contribution in [1.29, 1.82) is 0 Å². The lowest BCUT2D eigenvalue weighted by atomic mass is 10.1. The minimum Gasteiger partial charge on any atom is -0.375 e. The zero-order valence-corrected chi connectivity index (χ0v) is 24.1. The van der Waals surface area contributed by atoms with Crippen LogP contribution < -0.4 is 4.90 Å². The van der Waals surface area contributed by atoms with E-state index in [2.05, 4.69) is 4.90 Å². The molecule has 0 aliphatic carbocycles. The lowest BCUT2D eigenvalue weighted by Gasteiger charge is -2.32. The van der Waals surface area contributed by atoms with E-state index in [4.69, 9.17) is 27.9 Å². The average molecular weight is 587 g/mol. The largest absolute Gasteiger partial charge is 0.375 e. The molecular weight excluding hydrogens is 552 g/mol. The molecule has 0 fully saturated rings. The van der Waals surface area contributed by atoms with Crippen LogP contribution in [0.2, 0.25) is 10.0 Å². The van der Waals surface area contributed by atoms with Gasteiger partial charge in [0.1, 0.15) is 12.4 Å². The summed E-state index contributed by atoms with van der Waals surface area (Å²) in [6.07, 6.45) is 1.36. The molecule has 40 heavy (non-hydrogen) atoms. The van der Waals surface area contributed by atoms with Crippen LogP contribution in [0.5, 0.6) is 0 Å². The number of fused-ring (bicyclic) bond motifs is 1. The van der Waals surface area contributed by atoms with Gasteiger partial charge in [-0.15, -0.1) is 0 Å². The van der Waals surface area contributed by atoms with Gasteiger partial charge in [0.05, 0.1) is 6.42 Å². The summed E-state index contributed by atoms with van der Waals surface area (Å²) in [6.45, 7) is 3.46. The van der Waals surface area contributed by atoms with Crippen molar-refractivity contribution >= 4 is 40.7 Å². The maximum Gasteiger partial charge on any atom is 0.252 e. The fourth-order valence-electron chi connectivity index (χ4n) is 5.01. The highest BCUT2D eigenvalue weighted by Gasteiger charge is 2.24. The van der Waals surface area contributed by atoms with Gasteiger partial charge in [-0.1, -0.05) is 59.6 Å². The van der Waals surface area contributed by atoms with E-state index in [9.17, 15) is 14.0 Å². The molecule has 0 aromatic heterocycles. The molecule has 0 N–H and O–H groups in total. The Morgan fingerprint density at radius 2 is 1.60 bits per heavy atom. The number of para-hydroxylation sites is 1. The van der Waals surface area contributed by atoms with E-state index in [0.717, 1.165) is 49.3 Å². The first kappa shape index (κ1) is 30.0. The lowest BCUT2D eigenvalue weighted by Crippen LogP contribution is -2.40. The van der Waals surface area contributed by atoms with Crippen molar-refractivity contribution in [2.24, 2.45) is 0 Å². The lowest BCUT2D eigenvalue weighted by molar-refractivity contribution is -0.131. The van der Waals surface area contributed by atoms with E-state index in [1.54, 1.807) is 15.9 Å². The van der Waals surface area contributed by atoms with Gasteiger partial charge in [-0.3, -0.25) is 14.5 Å². The second-order valence-corrected chi connectivity index (χ2v) is 10.8. The quantitative estimate of drug-likeness (QED) is 0.357. The highest BCUT2D eigenvalue weighted by molar-refractivity contribution is 6.31. The van der Waals surface area contributed by atoms with E-state index in [0.29, 0.717) is 18.1 Å². The van der Waals surface area contributed by atoms with Crippen LogP contribution in [-0.2, 0) is 33.8 Å².